The average molecular weight is 334 g/mol. The van der Waals surface area contributed by atoms with Crippen molar-refractivity contribution in [1.82, 2.24) is 15.3 Å². The molecule has 4 rings (SSSR count). The zero-order chi connectivity index (χ0) is 15.8. The van der Waals surface area contributed by atoms with E-state index < -0.39 is 0 Å². The molecule has 1 aliphatic carbocycles. The van der Waals surface area contributed by atoms with Crippen molar-refractivity contribution in [2.75, 3.05) is 31.1 Å². The molecule has 23 heavy (non-hydrogen) atoms. The van der Waals surface area contributed by atoms with Gasteiger partial charge in [-0.1, -0.05) is 23.8 Å². The standard InChI is InChI=1S/C16H17ClFN5/c17-12-8-13(18)16(19-10-12)23-6-4-22(5-7-23)14-3-1-2-11-9-20-21-15(11)14/h1-3,8-11,15,21H,4-7H2. The van der Waals surface area contributed by atoms with Crippen molar-refractivity contribution < 1.29 is 4.39 Å². The van der Waals surface area contributed by atoms with Crippen LogP contribution in [0.5, 0.6) is 0 Å². The molecule has 0 bridgehead atoms. The Hall–Kier alpha value is -2.08. The number of hydrogen-bond donors (Lipinski definition) is 1. The molecule has 120 valence electrons. The van der Waals surface area contributed by atoms with Crippen molar-refractivity contribution in [1.29, 1.82) is 0 Å². The van der Waals surface area contributed by atoms with Crippen LogP contribution >= 0.6 is 11.6 Å². The average Bonchev–Trinajstić information content (AvgIpc) is 3.04. The quantitative estimate of drug-likeness (QED) is 0.899. The lowest BCUT2D eigenvalue weighted by atomic mass is 9.93. The third-order valence-corrected chi connectivity index (χ3v) is 4.70. The lowest BCUT2D eigenvalue weighted by molar-refractivity contribution is 0.286. The number of pyridine rings is 1. The van der Waals surface area contributed by atoms with E-state index in [1.807, 2.05) is 11.1 Å². The molecule has 7 heteroatoms. The Labute approximate surface area is 139 Å². The fourth-order valence-electron chi connectivity index (χ4n) is 3.31. The maximum Gasteiger partial charge on any atom is 0.167 e. The summed E-state index contributed by atoms with van der Waals surface area (Å²) >= 11 is 5.77. The second kappa shape index (κ2) is 5.85. The molecule has 0 aromatic carbocycles. The van der Waals surface area contributed by atoms with Gasteiger partial charge in [-0.3, -0.25) is 0 Å². The molecule has 0 spiro atoms. The maximum absolute atomic E-state index is 14.0. The van der Waals surface area contributed by atoms with E-state index in [1.54, 1.807) is 0 Å². The van der Waals surface area contributed by atoms with Crippen LogP contribution in [0.2, 0.25) is 5.02 Å². The smallest absolute Gasteiger partial charge is 0.167 e. The minimum atomic E-state index is -0.364. The largest absolute Gasteiger partial charge is 0.370 e. The predicted octanol–water partition coefficient (Wildman–Crippen LogP) is 2.02. The maximum atomic E-state index is 14.0. The molecule has 3 heterocycles. The summed E-state index contributed by atoms with van der Waals surface area (Å²) in [4.78, 5) is 8.44. The number of halogens is 2. The number of fused-ring (bicyclic) bond motifs is 1. The van der Waals surface area contributed by atoms with Gasteiger partial charge in [0.1, 0.15) is 0 Å². The number of nitrogens with zero attached hydrogens (tertiary/aromatic N) is 4. The van der Waals surface area contributed by atoms with Gasteiger partial charge in [-0.15, -0.1) is 0 Å². The number of hydrogen-bond acceptors (Lipinski definition) is 5. The number of hydrazone groups is 1. The second-order valence-electron chi connectivity index (χ2n) is 5.87. The van der Waals surface area contributed by atoms with Gasteiger partial charge in [-0.25, -0.2) is 9.37 Å². The molecule has 1 aromatic rings. The number of allylic oxidation sites excluding steroid dienone is 2. The predicted molar refractivity (Wildman–Crippen MR) is 89.1 cm³/mol. The van der Waals surface area contributed by atoms with Crippen LogP contribution in [0, 0.1) is 11.7 Å². The van der Waals surface area contributed by atoms with Crippen molar-refractivity contribution in [2.24, 2.45) is 11.0 Å². The molecular weight excluding hydrogens is 317 g/mol. The van der Waals surface area contributed by atoms with Crippen molar-refractivity contribution in [2.45, 2.75) is 6.04 Å². The lowest BCUT2D eigenvalue weighted by Crippen LogP contribution is -2.50. The number of nitrogens with one attached hydrogen (secondary N) is 1. The minimum absolute atomic E-state index is 0.219. The highest BCUT2D eigenvalue weighted by Gasteiger charge is 2.32. The monoisotopic (exact) mass is 333 g/mol. The third-order valence-electron chi connectivity index (χ3n) is 4.50. The summed E-state index contributed by atoms with van der Waals surface area (Å²) in [6.07, 6.45) is 9.81. The molecule has 0 saturated carbocycles. The van der Waals surface area contributed by atoms with Crippen LogP contribution in [0.1, 0.15) is 0 Å². The molecule has 2 aliphatic heterocycles. The van der Waals surface area contributed by atoms with Gasteiger partial charge in [0.15, 0.2) is 11.6 Å². The molecule has 1 fully saturated rings. The van der Waals surface area contributed by atoms with Crippen molar-refractivity contribution in [3.05, 3.63) is 47.0 Å². The van der Waals surface area contributed by atoms with E-state index in [1.165, 1.54) is 18.0 Å². The van der Waals surface area contributed by atoms with Gasteiger partial charge in [-0.05, 0) is 12.1 Å². The lowest BCUT2D eigenvalue weighted by Gasteiger charge is -2.40. The minimum Gasteiger partial charge on any atom is -0.370 e. The van der Waals surface area contributed by atoms with E-state index >= 15 is 0 Å². The Morgan fingerprint density at radius 1 is 1.22 bits per heavy atom. The third kappa shape index (κ3) is 2.67. The molecule has 1 saturated heterocycles. The van der Waals surface area contributed by atoms with Gasteiger partial charge in [0.05, 0.1) is 11.1 Å². The normalized spacial score (nSPS) is 26.1. The van der Waals surface area contributed by atoms with Gasteiger partial charge in [0.25, 0.3) is 0 Å². The van der Waals surface area contributed by atoms with Crippen LogP contribution in [-0.4, -0.2) is 48.3 Å². The van der Waals surface area contributed by atoms with Gasteiger partial charge in [0.2, 0.25) is 0 Å². The topological polar surface area (TPSA) is 43.8 Å². The zero-order valence-electron chi connectivity index (χ0n) is 12.5. The Balaban J connectivity index is 1.45. The van der Waals surface area contributed by atoms with Crippen LogP contribution in [0.3, 0.4) is 0 Å². The summed E-state index contributed by atoms with van der Waals surface area (Å²) in [5, 5.41) is 4.50. The molecular formula is C16H17ClFN5. The molecule has 1 aromatic heterocycles. The van der Waals surface area contributed by atoms with Gasteiger partial charge >= 0.3 is 0 Å². The van der Waals surface area contributed by atoms with Crippen LogP contribution in [0.15, 0.2) is 41.3 Å². The van der Waals surface area contributed by atoms with Gasteiger partial charge in [-0.2, -0.15) is 5.10 Å². The van der Waals surface area contributed by atoms with Gasteiger partial charge < -0.3 is 15.2 Å². The summed E-state index contributed by atoms with van der Waals surface area (Å²) in [6.45, 7) is 3.11. The van der Waals surface area contributed by atoms with Crippen LogP contribution < -0.4 is 10.3 Å². The molecule has 0 amide bonds. The highest BCUT2D eigenvalue weighted by atomic mass is 35.5. The first-order valence-electron chi connectivity index (χ1n) is 7.70. The van der Waals surface area contributed by atoms with E-state index in [0.29, 0.717) is 16.8 Å². The van der Waals surface area contributed by atoms with Crippen LogP contribution in [0.4, 0.5) is 10.2 Å². The van der Waals surface area contributed by atoms with Crippen LogP contribution in [-0.2, 0) is 0 Å². The van der Waals surface area contributed by atoms with Gasteiger partial charge in [0, 0.05) is 50.2 Å². The molecule has 5 nitrogen and oxygen atoms in total. The highest BCUT2D eigenvalue weighted by Crippen LogP contribution is 2.27. The first kappa shape index (κ1) is 14.5. The molecule has 2 unspecified atom stereocenters. The van der Waals surface area contributed by atoms with E-state index in [9.17, 15) is 4.39 Å². The highest BCUT2D eigenvalue weighted by molar-refractivity contribution is 6.30. The Bertz CT molecular complexity index is 694. The fourth-order valence-corrected chi connectivity index (χ4v) is 3.45. The summed E-state index contributed by atoms with van der Waals surface area (Å²) in [7, 11) is 0. The Morgan fingerprint density at radius 3 is 2.78 bits per heavy atom. The number of anilines is 1. The number of piperazine rings is 1. The molecule has 2 atom stereocenters. The zero-order valence-corrected chi connectivity index (χ0v) is 13.2. The summed E-state index contributed by atoms with van der Waals surface area (Å²) < 4.78 is 14.0. The second-order valence-corrected chi connectivity index (χ2v) is 6.31. The van der Waals surface area contributed by atoms with Crippen LogP contribution in [0.25, 0.3) is 0 Å². The first-order chi connectivity index (χ1) is 11.2. The van der Waals surface area contributed by atoms with E-state index in [2.05, 4.69) is 38.6 Å². The summed E-state index contributed by atoms with van der Waals surface area (Å²) in [6, 6.07) is 1.53. The number of rotatable bonds is 2. The molecule has 0 radical (unpaired) electrons. The van der Waals surface area contributed by atoms with E-state index in [0.717, 1.165) is 26.2 Å². The van der Waals surface area contributed by atoms with Crippen molar-refractivity contribution in [3.8, 4) is 0 Å². The Morgan fingerprint density at radius 2 is 2.00 bits per heavy atom. The fraction of sp³-hybridized carbons (Fsp3) is 0.375. The first-order valence-corrected chi connectivity index (χ1v) is 8.08. The summed E-state index contributed by atoms with van der Waals surface area (Å²) in [5.41, 5.74) is 4.42. The van der Waals surface area contributed by atoms with Crippen molar-refractivity contribution in [3.63, 3.8) is 0 Å². The molecule has 3 aliphatic rings. The van der Waals surface area contributed by atoms with E-state index in [4.69, 9.17) is 11.6 Å². The van der Waals surface area contributed by atoms with E-state index in [-0.39, 0.29) is 11.9 Å². The Kier molecular flexibility index (Phi) is 3.69. The summed E-state index contributed by atoms with van der Waals surface area (Å²) in [5.74, 6) is 0.340. The molecule has 1 N–H and O–H groups in total. The SMILES string of the molecule is Fc1cc(Cl)cnc1N1CCN(C2=CC=CC3C=NNC23)CC1. The number of aromatic nitrogens is 1. The van der Waals surface area contributed by atoms with Crippen molar-refractivity contribution >= 4 is 23.6 Å².